The van der Waals surface area contributed by atoms with Crippen molar-refractivity contribution in [3.8, 4) is 0 Å². The summed E-state index contributed by atoms with van der Waals surface area (Å²) in [6, 6.07) is 0. The first-order valence-electron chi connectivity index (χ1n) is 12.0. The summed E-state index contributed by atoms with van der Waals surface area (Å²) >= 11 is 0. The van der Waals surface area contributed by atoms with Crippen molar-refractivity contribution in [1.29, 1.82) is 0 Å². The summed E-state index contributed by atoms with van der Waals surface area (Å²) in [6.07, 6.45) is 19.4. The van der Waals surface area contributed by atoms with E-state index in [4.69, 9.17) is 4.18 Å². The molecule has 0 radical (unpaired) electrons. The molecule has 0 aliphatic carbocycles. The van der Waals surface area contributed by atoms with Gasteiger partial charge in [0.05, 0.1) is 12.9 Å². The van der Waals surface area contributed by atoms with Crippen molar-refractivity contribution in [2.24, 2.45) is 5.92 Å². The van der Waals surface area contributed by atoms with Crippen LogP contribution in [0.1, 0.15) is 117 Å². The zero-order valence-electron chi connectivity index (χ0n) is 19.3. The van der Waals surface area contributed by atoms with Crippen molar-refractivity contribution in [2.45, 2.75) is 117 Å². The molecule has 0 saturated carbocycles. The van der Waals surface area contributed by atoms with Crippen LogP contribution in [0.4, 0.5) is 0 Å². The lowest BCUT2D eigenvalue weighted by atomic mass is 9.91. The molecule has 1 atom stereocenters. The zero-order chi connectivity index (χ0) is 21.8. The highest BCUT2D eigenvalue weighted by Gasteiger charge is 2.13. The van der Waals surface area contributed by atoms with Crippen molar-refractivity contribution in [1.82, 2.24) is 5.32 Å². The van der Waals surface area contributed by atoms with Crippen LogP contribution in [0.15, 0.2) is 0 Å². The van der Waals surface area contributed by atoms with Crippen LogP contribution in [-0.4, -0.2) is 33.7 Å². The summed E-state index contributed by atoms with van der Waals surface area (Å²) in [5.41, 5.74) is 0. The van der Waals surface area contributed by atoms with Gasteiger partial charge in [0.25, 0.3) is 10.1 Å². The Labute approximate surface area is 180 Å². The molecule has 29 heavy (non-hydrogen) atoms. The summed E-state index contributed by atoms with van der Waals surface area (Å²) in [5, 5.41) is 3.04. The third-order valence-electron chi connectivity index (χ3n) is 5.35. The van der Waals surface area contributed by atoms with Crippen LogP contribution in [0.5, 0.6) is 0 Å². The highest BCUT2D eigenvalue weighted by molar-refractivity contribution is 7.85. The SMILES string of the molecule is CCCCCCCCC(CCCCCC)CC(=O)NCCCCCOS(C)(=O)=O. The van der Waals surface area contributed by atoms with E-state index in [1.54, 1.807) is 0 Å². The Morgan fingerprint density at radius 3 is 1.90 bits per heavy atom. The van der Waals surface area contributed by atoms with E-state index in [0.29, 0.717) is 25.3 Å². The number of nitrogens with one attached hydrogen (secondary N) is 1. The smallest absolute Gasteiger partial charge is 0.264 e. The van der Waals surface area contributed by atoms with Gasteiger partial charge >= 0.3 is 0 Å². The maximum Gasteiger partial charge on any atom is 0.264 e. The fourth-order valence-electron chi connectivity index (χ4n) is 3.60. The molecule has 0 spiro atoms. The van der Waals surface area contributed by atoms with Gasteiger partial charge in [-0.15, -0.1) is 0 Å². The Bertz CT molecular complexity index is 479. The van der Waals surface area contributed by atoms with E-state index in [1.165, 1.54) is 77.0 Å². The van der Waals surface area contributed by atoms with E-state index in [-0.39, 0.29) is 12.5 Å². The van der Waals surface area contributed by atoms with Crippen LogP contribution in [0, 0.1) is 5.92 Å². The van der Waals surface area contributed by atoms with Crippen molar-refractivity contribution in [2.75, 3.05) is 19.4 Å². The molecule has 1 amide bonds. The van der Waals surface area contributed by atoms with E-state index >= 15 is 0 Å². The van der Waals surface area contributed by atoms with E-state index < -0.39 is 10.1 Å². The van der Waals surface area contributed by atoms with Crippen molar-refractivity contribution in [3.05, 3.63) is 0 Å². The van der Waals surface area contributed by atoms with Crippen LogP contribution < -0.4 is 5.32 Å². The maximum absolute atomic E-state index is 12.3. The number of amides is 1. The number of rotatable bonds is 21. The van der Waals surface area contributed by atoms with E-state index in [9.17, 15) is 13.2 Å². The Morgan fingerprint density at radius 2 is 1.31 bits per heavy atom. The van der Waals surface area contributed by atoms with Crippen LogP contribution in [0.25, 0.3) is 0 Å². The predicted octanol–water partition coefficient (Wildman–Crippen LogP) is 5.98. The highest BCUT2D eigenvalue weighted by atomic mass is 32.2. The maximum atomic E-state index is 12.3. The topological polar surface area (TPSA) is 72.5 Å². The number of hydrogen-bond acceptors (Lipinski definition) is 4. The van der Waals surface area contributed by atoms with E-state index in [1.807, 2.05) is 0 Å². The van der Waals surface area contributed by atoms with Crippen LogP contribution in [-0.2, 0) is 19.1 Å². The third kappa shape index (κ3) is 21.9. The zero-order valence-corrected chi connectivity index (χ0v) is 20.2. The van der Waals surface area contributed by atoms with Gasteiger partial charge in [-0.05, 0) is 38.0 Å². The minimum absolute atomic E-state index is 0.170. The quantitative estimate of drug-likeness (QED) is 0.179. The summed E-state index contributed by atoms with van der Waals surface area (Å²) in [5.74, 6) is 0.685. The Hall–Kier alpha value is -0.620. The minimum Gasteiger partial charge on any atom is -0.356 e. The van der Waals surface area contributed by atoms with Crippen molar-refractivity contribution < 1.29 is 17.4 Å². The lowest BCUT2D eigenvalue weighted by Crippen LogP contribution is -2.26. The Morgan fingerprint density at radius 1 is 0.793 bits per heavy atom. The van der Waals surface area contributed by atoms with Gasteiger partial charge in [-0.25, -0.2) is 0 Å². The molecule has 0 fully saturated rings. The Kier molecular flexibility index (Phi) is 18.9. The van der Waals surface area contributed by atoms with Gasteiger partial charge in [0, 0.05) is 13.0 Å². The number of unbranched alkanes of at least 4 members (excludes halogenated alkanes) is 10. The lowest BCUT2D eigenvalue weighted by Gasteiger charge is -2.17. The fourth-order valence-corrected chi connectivity index (χ4v) is 4.02. The summed E-state index contributed by atoms with van der Waals surface area (Å²) in [6.45, 7) is 5.37. The molecule has 174 valence electrons. The highest BCUT2D eigenvalue weighted by Crippen LogP contribution is 2.22. The second-order valence-electron chi connectivity index (χ2n) is 8.41. The van der Waals surface area contributed by atoms with Gasteiger partial charge in [-0.1, -0.05) is 78.1 Å². The van der Waals surface area contributed by atoms with Crippen LogP contribution in [0.2, 0.25) is 0 Å². The lowest BCUT2D eigenvalue weighted by molar-refractivity contribution is -0.122. The molecular formula is C23H47NO4S. The molecule has 6 heteroatoms. The third-order valence-corrected chi connectivity index (χ3v) is 5.94. The fraction of sp³-hybridized carbons (Fsp3) is 0.957. The molecule has 0 aromatic heterocycles. The molecule has 0 heterocycles. The molecule has 5 nitrogen and oxygen atoms in total. The second kappa shape index (κ2) is 19.3. The molecule has 1 N–H and O–H groups in total. The summed E-state index contributed by atoms with van der Waals surface area (Å²) in [7, 11) is -3.34. The molecule has 0 aromatic rings. The summed E-state index contributed by atoms with van der Waals surface area (Å²) < 4.78 is 26.5. The molecule has 1 unspecified atom stereocenters. The van der Waals surface area contributed by atoms with Gasteiger partial charge < -0.3 is 5.32 Å². The second-order valence-corrected chi connectivity index (χ2v) is 10.1. The monoisotopic (exact) mass is 433 g/mol. The molecule has 0 aromatic carbocycles. The van der Waals surface area contributed by atoms with Gasteiger partial charge in [0.1, 0.15) is 0 Å². The van der Waals surface area contributed by atoms with E-state index in [0.717, 1.165) is 19.1 Å². The largest absolute Gasteiger partial charge is 0.356 e. The number of hydrogen-bond donors (Lipinski definition) is 1. The average Bonchev–Trinajstić information content (AvgIpc) is 2.66. The first-order chi connectivity index (χ1) is 13.9. The average molecular weight is 434 g/mol. The number of carbonyl (C=O) groups is 1. The number of carbonyl (C=O) groups excluding carboxylic acids is 1. The molecule has 0 aliphatic rings. The van der Waals surface area contributed by atoms with Gasteiger partial charge in [-0.2, -0.15) is 8.42 Å². The van der Waals surface area contributed by atoms with Crippen LogP contribution >= 0.6 is 0 Å². The van der Waals surface area contributed by atoms with Crippen LogP contribution in [0.3, 0.4) is 0 Å². The van der Waals surface area contributed by atoms with Crippen molar-refractivity contribution >= 4 is 16.0 Å². The molecule has 0 bridgehead atoms. The standard InChI is InChI=1S/C23H47NO4S/c1-4-6-8-10-11-14-18-22(17-13-9-7-5-2)21-23(25)24-19-15-12-16-20-28-29(3,26)27/h22H,4-21H2,1-3H3,(H,24,25). The van der Waals surface area contributed by atoms with E-state index in [2.05, 4.69) is 19.2 Å². The minimum atomic E-state index is -3.34. The van der Waals surface area contributed by atoms with Crippen molar-refractivity contribution in [3.63, 3.8) is 0 Å². The first kappa shape index (κ1) is 28.4. The molecular weight excluding hydrogens is 386 g/mol. The van der Waals surface area contributed by atoms with Gasteiger partial charge in [0.2, 0.25) is 5.91 Å². The molecule has 0 aliphatic heterocycles. The van der Waals surface area contributed by atoms with Gasteiger partial charge in [-0.3, -0.25) is 8.98 Å². The Balaban J connectivity index is 3.97. The predicted molar refractivity (Wildman–Crippen MR) is 123 cm³/mol. The normalized spacial score (nSPS) is 12.8. The molecule has 0 saturated heterocycles. The first-order valence-corrected chi connectivity index (χ1v) is 13.8. The summed E-state index contributed by atoms with van der Waals surface area (Å²) in [4.78, 5) is 12.3. The van der Waals surface area contributed by atoms with Gasteiger partial charge in [0.15, 0.2) is 0 Å². The molecule has 0 rings (SSSR count).